The Morgan fingerprint density at radius 2 is 2.10 bits per heavy atom. The van der Waals surface area contributed by atoms with Crippen LogP contribution in [0.5, 0.6) is 0 Å². The van der Waals surface area contributed by atoms with E-state index in [4.69, 9.17) is 0 Å². The van der Waals surface area contributed by atoms with Crippen LogP contribution in [0.25, 0.3) is 0 Å². The van der Waals surface area contributed by atoms with Crippen molar-refractivity contribution in [2.45, 2.75) is 37.6 Å². The number of benzene rings is 1. The molecule has 112 valence electrons. The number of hydrogen-bond acceptors (Lipinski definition) is 3. The second-order valence-corrected chi connectivity index (χ2v) is 6.97. The van der Waals surface area contributed by atoms with E-state index in [-0.39, 0.29) is 4.90 Å². The molecule has 0 amide bonds. The summed E-state index contributed by atoms with van der Waals surface area (Å²) >= 11 is 0. The lowest BCUT2D eigenvalue weighted by Gasteiger charge is -2.09. The highest BCUT2D eigenvalue weighted by atomic mass is 32.2. The summed E-state index contributed by atoms with van der Waals surface area (Å²) in [6.45, 7) is 3.85. The van der Waals surface area contributed by atoms with Crippen molar-refractivity contribution in [1.29, 1.82) is 0 Å². The van der Waals surface area contributed by atoms with Gasteiger partial charge in [0, 0.05) is 13.1 Å². The molecule has 0 heterocycles. The third-order valence-electron chi connectivity index (χ3n) is 3.30. The van der Waals surface area contributed by atoms with Crippen LogP contribution in [0.1, 0.15) is 31.7 Å². The monoisotopic (exact) mass is 300 g/mol. The number of nitrogens with one attached hydrogen (secondary N) is 2. The number of rotatable bonds is 8. The maximum absolute atomic E-state index is 13.9. The maximum atomic E-state index is 13.9. The third kappa shape index (κ3) is 4.26. The fourth-order valence-electron chi connectivity index (χ4n) is 1.91. The van der Waals surface area contributed by atoms with Gasteiger partial charge in [-0.3, -0.25) is 0 Å². The van der Waals surface area contributed by atoms with E-state index in [2.05, 4.69) is 17.0 Å². The molecule has 1 aromatic carbocycles. The largest absolute Gasteiger partial charge is 0.313 e. The summed E-state index contributed by atoms with van der Waals surface area (Å²) in [4.78, 5) is -0.266. The van der Waals surface area contributed by atoms with Gasteiger partial charge >= 0.3 is 0 Å². The molecule has 0 aliphatic heterocycles. The summed E-state index contributed by atoms with van der Waals surface area (Å²) in [5.41, 5.74) is 0.747. The number of halogens is 1. The molecule has 0 radical (unpaired) electrons. The van der Waals surface area contributed by atoms with Gasteiger partial charge in [-0.25, -0.2) is 17.5 Å². The van der Waals surface area contributed by atoms with Gasteiger partial charge < -0.3 is 5.32 Å². The molecule has 0 unspecified atom stereocenters. The topological polar surface area (TPSA) is 58.2 Å². The summed E-state index contributed by atoms with van der Waals surface area (Å²) in [5.74, 6) is -0.269. The Labute approximate surface area is 119 Å². The van der Waals surface area contributed by atoms with Crippen molar-refractivity contribution >= 4 is 10.0 Å². The Kier molecular flexibility index (Phi) is 5.12. The zero-order chi connectivity index (χ0) is 14.6. The van der Waals surface area contributed by atoms with Gasteiger partial charge in [0.2, 0.25) is 10.0 Å². The van der Waals surface area contributed by atoms with Gasteiger partial charge in [-0.05, 0) is 49.4 Å². The van der Waals surface area contributed by atoms with Crippen molar-refractivity contribution in [3.8, 4) is 0 Å². The van der Waals surface area contributed by atoms with E-state index in [1.807, 2.05) is 0 Å². The molecule has 2 rings (SSSR count). The van der Waals surface area contributed by atoms with Gasteiger partial charge in [-0.2, -0.15) is 0 Å². The molecular weight excluding hydrogens is 279 g/mol. The van der Waals surface area contributed by atoms with Crippen LogP contribution < -0.4 is 10.0 Å². The lowest BCUT2D eigenvalue weighted by molar-refractivity contribution is 0.552. The maximum Gasteiger partial charge on any atom is 0.243 e. The molecule has 1 aliphatic rings. The molecule has 1 aliphatic carbocycles. The fourth-order valence-corrected chi connectivity index (χ4v) is 3.08. The predicted molar refractivity (Wildman–Crippen MR) is 76.3 cm³/mol. The molecule has 6 heteroatoms. The molecule has 1 aromatic rings. The molecule has 1 fully saturated rings. The molecule has 0 spiro atoms. The minimum absolute atomic E-state index is 0.266. The summed E-state index contributed by atoms with van der Waals surface area (Å²) in [6.07, 6.45) is 3.10. The summed E-state index contributed by atoms with van der Waals surface area (Å²) in [7, 11) is -3.73. The van der Waals surface area contributed by atoms with Gasteiger partial charge in [-0.15, -0.1) is 0 Å². The minimum atomic E-state index is -3.73. The average Bonchev–Trinajstić information content (AvgIpc) is 3.21. The lowest BCUT2D eigenvalue weighted by Crippen LogP contribution is -2.26. The van der Waals surface area contributed by atoms with Crippen LogP contribution in [0.15, 0.2) is 23.1 Å². The second-order valence-electron chi connectivity index (χ2n) is 5.24. The zero-order valence-electron chi connectivity index (χ0n) is 11.7. The van der Waals surface area contributed by atoms with Crippen LogP contribution in [-0.4, -0.2) is 21.5 Å². The first kappa shape index (κ1) is 15.4. The van der Waals surface area contributed by atoms with Crippen LogP contribution >= 0.6 is 0 Å². The van der Waals surface area contributed by atoms with Crippen molar-refractivity contribution < 1.29 is 12.8 Å². The third-order valence-corrected chi connectivity index (χ3v) is 4.76. The smallest absolute Gasteiger partial charge is 0.243 e. The zero-order valence-corrected chi connectivity index (χ0v) is 12.5. The average molecular weight is 300 g/mol. The van der Waals surface area contributed by atoms with E-state index < -0.39 is 15.8 Å². The number of hydrogen-bond donors (Lipinski definition) is 2. The Bertz CT molecular complexity index is 556. The van der Waals surface area contributed by atoms with E-state index in [0.717, 1.165) is 31.4 Å². The van der Waals surface area contributed by atoms with Gasteiger partial charge in [0.1, 0.15) is 10.7 Å². The molecule has 0 saturated heterocycles. The van der Waals surface area contributed by atoms with Gasteiger partial charge in [0.15, 0.2) is 0 Å². The first-order valence-electron chi connectivity index (χ1n) is 7.01. The second kappa shape index (κ2) is 6.65. The van der Waals surface area contributed by atoms with Crippen LogP contribution in [-0.2, 0) is 16.6 Å². The Morgan fingerprint density at radius 3 is 2.70 bits per heavy atom. The highest BCUT2D eigenvalue weighted by Gasteiger charge is 2.25. The first-order valence-corrected chi connectivity index (χ1v) is 8.50. The molecule has 4 nitrogen and oxygen atoms in total. The highest BCUT2D eigenvalue weighted by molar-refractivity contribution is 7.89. The molecule has 1 saturated carbocycles. The highest BCUT2D eigenvalue weighted by Crippen LogP contribution is 2.28. The Hall–Kier alpha value is -0.980. The number of sulfonamides is 1. The summed E-state index contributed by atoms with van der Waals surface area (Å²) < 4.78 is 40.4. The molecule has 20 heavy (non-hydrogen) atoms. The van der Waals surface area contributed by atoms with E-state index in [9.17, 15) is 12.8 Å². The molecule has 2 N–H and O–H groups in total. The SMILES string of the molecule is CCCNCc1ccc(S(=O)(=O)NCC2CC2)c(F)c1. The van der Waals surface area contributed by atoms with Crippen LogP contribution in [0, 0.1) is 11.7 Å². The van der Waals surface area contributed by atoms with Crippen molar-refractivity contribution in [1.82, 2.24) is 10.0 Å². The Morgan fingerprint density at radius 1 is 1.35 bits per heavy atom. The Balaban J connectivity index is 2.03. The predicted octanol–water partition coefficient (Wildman–Crippen LogP) is 2.01. The van der Waals surface area contributed by atoms with Crippen molar-refractivity contribution in [3.63, 3.8) is 0 Å². The normalized spacial score (nSPS) is 15.5. The molecule has 0 bridgehead atoms. The van der Waals surface area contributed by atoms with Gasteiger partial charge in [-0.1, -0.05) is 13.0 Å². The van der Waals surface area contributed by atoms with E-state index in [1.54, 1.807) is 6.07 Å². The quantitative estimate of drug-likeness (QED) is 0.722. The van der Waals surface area contributed by atoms with E-state index >= 15 is 0 Å². The van der Waals surface area contributed by atoms with Gasteiger partial charge in [0.25, 0.3) is 0 Å². The van der Waals surface area contributed by atoms with E-state index in [0.29, 0.717) is 19.0 Å². The first-order chi connectivity index (χ1) is 9.53. The standard InChI is InChI=1S/C14H21FN2O2S/c1-2-7-16-9-12-5-6-14(13(15)8-12)20(18,19)17-10-11-3-4-11/h5-6,8,11,16-17H,2-4,7,9-10H2,1H3. The minimum Gasteiger partial charge on any atom is -0.313 e. The summed E-state index contributed by atoms with van der Waals surface area (Å²) in [6, 6.07) is 4.28. The van der Waals surface area contributed by atoms with Crippen LogP contribution in [0.3, 0.4) is 0 Å². The van der Waals surface area contributed by atoms with E-state index in [1.165, 1.54) is 12.1 Å². The van der Waals surface area contributed by atoms with Crippen LogP contribution in [0.4, 0.5) is 4.39 Å². The fraction of sp³-hybridized carbons (Fsp3) is 0.571. The molecule has 0 atom stereocenters. The van der Waals surface area contributed by atoms with Crippen molar-refractivity contribution in [3.05, 3.63) is 29.6 Å². The van der Waals surface area contributed by atoms with Gasteiger partial charge in [0.05, 0.1) is 0 Å². The van der Waals surface area contributed by atoms with Crippen molar-refractivity contribution in [2.24, 2.45) is 5.92 Å². The van der Waals surface area contributed by atoms with Crippen molar-refractivity contribution in [2.75, 3.05) is 13.1 Å². The summed E-state index contributed by atoms with van der Waals surface area (Å²) in [5, 5.41) is 3.15. The molecular formula is C14H21FN2O2S. The molecule has 0 aromatic heterocycles. The lowest BCUT2D eigenvalue weighted by atomic mass is 10.2. The van der Waals surface area contributed by atoms with Crippen LogP contribution in [0.2, 0.25) is 0 Å².